The summed E-state index contributed by atoms with van der Waals surface area (Å²) in [4.78, 5) is 12.8. The highest BCUT2D eigenvalue weighted by Crippen LogP contribution is 2.21. The molecule has 2 aromatic heterocycles. The molecule has 0 aliphatic heterocycles. The molecule has 1 amide bonds. The van der Waals surface area contributed by atoms with Crippen LogP contribution in [-0.4, -0.2) is 46.3 Å². The van der Waals surface area contributed by atoms with Crippen molar-refractivity contribution < 1.29 is 4.79 Å². The predicted molar refractivity (Wildman–Crippen MR) is 95.7 cm³/mol. The van der Waals surface area contributed by atoms with Gasteiger partial charge in [-0.2, -0.15) is 9.36 Å². The standard InChI is InChI=1S/C17H15N9O/c1-11-7-8-13(9-16(11)26-12(2)20-22-24-26)19-17(27)14-5-3-4-6-15(14)25-10-18-21-23-25/h3-10H,1-2H3,(H,19,27). The second-order valence-corrected chi connectivity index (χ2v) is 5.86. The number of carbonyl (C=O) groups is 1. The minimum atomic E-state index is -0.274. The summed E-state index contributed by atoms with van der Waals surface area (Å²) in [6, 6.07) is 12.7. The number of nitrogens with zero attached hydrogens (tertiary/aromatic N) is 8. The Balaban J connectivity index is 1.66. The number of hydrogen-bond donors (Lipinski definition) is 1. The number of nitrogens with one attached hydrogen (secondary N) is 1. The van der Waals surface area contributed by atoms with Gasteiger partial charge in [-0.25, -0.2) is 0 Å². The Morgan fingerprint density at radius 3 is 2.59 bits per heavy atom. The summed E-state index contributed by atoms with van der Waals surface area (Å²) in [5.74, 6) is 0.384. The first-order valence-electron chi connectivity index (χ1n) is 8.13. The normalized spacial score (nSPS) is 10.7. The molecule has 10 heteroatoms. The van der Waals surface area contributed by atoms with Gasteiger partial charge >= 0.3 is 0 Å². The van der Waals surface area contributed by atoms with Crippen molar-refractivity contribution in [3.63, 3.8) is 0 Å². The Labute approximate surface area is 153 Å². The van der Waals surface area contributed by atoms with Gasteiger partial charge in [-0.1, -0.05) is 18.2 Å². The van der Waals surface area contributed by atoms with Crippen LogP contribution < -0.4 is 5.32 Å². The number of anilines is 1. The van der Waals surface area contributed by atoms with Crippen molar-refractivity contribution in [3.8, 4) is 11.4 Å². The van der Waals surface area contributed by atoms with E-state index in [1.807, 2.05) is 38.1 Å². The Kier molecular flexibility index (Phi) is 4.13. The van der Waals surface area contributed by atoms with E-state index in [2.05, 4.69) is 36.4 Å². The van der Waals surface area contributed by atoms with Gasteiger partial charge in [0.15, 0.2) is 5.82 Å². The summed E-state index contributed by atoms with van der Waals surface area (Å²) in [5.41, 5.74) is 3.44. The minimum Gasteiger partial charge on any atom is -0.322 e. The lowest BCUT2D eigenvalue weighted by molar-refractivity contribution is 0.102. The van der Waals surface area contributed by atoms with Crippen LogP contribution in [0, 0.1) is 13.8 Å². The fourth-order valence-corrected chi connectivity index (χ4v) is 2.71. The van der Waals surface area contributed by atoms with Crippen molar-refractivity contribution in [1.29, 1.82) is 0 Å². The largest absolute Gasteiger partial charge is 0.322 e. The van der Waals surface area contributed by atoms with E-state index in [9.17, 15) is 4.79 Å². The molecule has 10 nitrogen and oxygen atoms in total. The van der Waals surface area contributed by atoms with Gasteiger partial charge in [-0.05, 0) is 64.5 Å². The number of para-hydroxylation sites is 1. The van der Waals surface area contributed by atoms with E-state index in [0.29, 0.717) is 22.8 Å². The minimum absolute atomic E-state index is 0.274. The van der Waals surface area contributed by atoms with Crippen molar-refractivity contribution >= 4 is 11.6 Å². The third kappa shape index (κ3) is 3.15. The quantitative estimate of drug-likeness (QED) is 0.585. The predicted octanol–water partition coefficient (Wildman–Crippen LogP) is 1.51. The molecule has 0 saturated carbocycles. The van der Waals surface area contributed by atoms with Crippen LogP contribution in [0.4, 0.5) is 5.69 Å². The first-order valence-corrected chi connectivity index (χ1v) is 8.13. The number of amides is 1. The molecule has 0 spiro atoms. The lowest BCUT2D eigenvalue weighted by Crippen LogP contribution is -2.15. The molecule has 27 heavy (non-hydrogen) atoms. The Bertz CT molecular complexity index is 1100. The molecule has 0 radical (unpaired) electrons. The smallest absolute Gasteiger partial charge is 0.257 e. The average Bonchev–Trinajstić information content (AvgIpc) is 3.35. The van der Waals surface area contributed by atoms with Crippen LogP contribution in [0.25, 0.3) is 11.4 Å². The van der Waals surface area contributed by atoms with Gasteiger partial charge in [-0.3, -0.25) is 4.79 Å². The summed E-state index contributed by atoms with van der Waals surface area (Å²) < 4.78 is 3.07. The molecule has 0 bridgehead atoms. The molecule has 134 valence electrons. The molecule has 0 saturated heterocycles. The van der Waals surface area contributed by atoms with Crippen molar-refractivity contribution in [2.45, 2.75) is 13.8 Å². The third-order valence-corrected chi connectivity index (χ3v) is 4.07. The molecular formula is C17H15N9O. The highest BCUT2D eigenvalue weighted by molar-refractivity contribution is 6.06. The fourth-order valence-electron chi connectivity index (χ4n) is 2.71. The zero-order valence-corrected chi connectivity index (χ0v) is 14.6. The van der Waals surface area contributed by atoms with E-state index in [4.69, 9.17) is 0 Å². The van der Waals surface area contributed by atoms with Crippen LogP contribution in [0.15, 0.2) is 48.8 Å². The van der Waals surface area contributed by atoms with Crippen LogP contribution in [-0.2, 0) is 0 Å². The molecule has 1 N–H and O–H groups in total. The maximum absolute atomic E-state index is 12.8. The Hall–Kier alpha value is -3.95. The van der Waals surface area contributed by atoms with Crippen molar-refractivity contribution in [1.82, 2.24) is 40.4 Å². The van der Waals surface area contributed by atoms with Crippen LogP contribution in [0.5, 0.6) is 0 Å². The number of aromatic nitrogens is 8. The van der Waals surface area contributed by atoms with E-state index in [-0.39, 0.29) is 5.91 Å². The zero-order chi connectivity index (χ0) is 18.8. The molecule has 2 heterocycles. The van der Waals surface area contributed by atoms with Gasteiger partial charge in [0, 0.05) is 5.69 Å². The van der Waals surface area contributed by atoms with Crippen molar-refractivity contribution in [3.05, 3.63) is 65.7 Å². The lowest BCUT2D eigenvalue weighted by Gasteiger charge is -2.12. The number of carbonyl (C=O) groups excluding carboxylic acids is 1. The van der Waals surface area contributed by atoms with E-state index in [1.165, 1.54) is 11.0 Å². The summed E-state index contributed by atoms with van der Waals surface area (Å²) in [6.45, 7) is 3.77. The molecule has 0 fully saturated rings. The summed E-state index contributed by atoms with van der Waals surface area (Å²) in [5, 5.41) is 25.6. The summed E-state index contributed by atoms with van der Waals surface area (Å²) in [7, 11) is 0. The first-order chi connectivity index (χ1) is 13.1. The average molecular weight is 361 g/mol. The maximum atomic E-state index is 12.8. The number of tetrazole rings is 2. The van der Waals surface area contributed by atoms with Crippen LogP contribution in [0.3, 0.4) is 0 Å². The lowest BCUT2D eigenvalue weighted by atomic mass is 10.1. The van der Waals surface area contributed by atoms with Crippen LogP contribution >= 0.6 is 0 Å². The van der Waals surface area contributed by atoms with Gasteiger partial charge in [0.1, 0.15) is 6.33 Å². The highest BCUT2D eigenvalue weighted by Gasteiger charge is 2.15. The Morgan fingerprint density at radius 2 is 1.85 bits per heavy atom. The van der Waals surface area contributed by atoms with Gasteiger partial charge in [0.2, 0.25) is 0 Å². The zero-order valence-electron chi connectivity index (χ0n) is 14.6. The molecular weight excluding hydrogens is 346 g/mol. The molecule has 0 unspecified atom stereocenters. The summed E-state index contributed by atoms with van der Waals surface area (Å²) >= 11 is 0. The second kappa shape index (κ2) is 6.75. The molecule has 0 aliphatic rings. The van der Waals surface area contributed by atoms with Gasteiger partial charge in [0.25, 0.3) is 5.91 Å². The molecule has 2 aromatic carbocycles. The maximum Gasteiger partial charge on any atom is 0.257 e. The molecule has 0 aliphatic carbocycles. The van der Waals surface area contributed by atoms with Crippen LogP contribution in [0.2, 0.25) is 0 Å². The van der Waals surface area contributed by atoms with E-state index in [1.54, 1.807) is 22.9 Å². The van der Waals surface area contributed by atoms with Gasteiger partial charge in [0.05, 0.1) is 16.9 Å². The van der Waals surface area contributed by atoms with Gasteiger partial charge in [-0.15, -0.1) is 10.2 Å². The number of aryl methyl sites for hydroxylation is 2. The number of rotatable bonds is 4. The number of benzene rings is 2. The van der Waals surface area contributed by atoms with Crippen molar-refractivity contribution in [2.75, 3.05) is 5.32 Å². The monoisotopic (exact) mass is 361 g/mol. The molecule has 0 atom stereocenters. The fraction of sp³-hybridized carbons (Fsp3) is 0.118. The van der Waals surface area contributed by atoms with E-state index < -0.39 is 0 Å². The topological polar surface area (TPSA) is 116 Å². The van der Waals surface area contributed by atoms with E-state index in [0.717, 1.165) is 11.3 Å². The second-order valence-electron chi connectivity index (χ2n) is 5.86. The first kappa shape index (κ1) is 16.5. The van der Waals surface area contributed by atoms with E-state index >= 15 is 0 Å². The summed E-state index contributed by atoms with van der Waals surface area (Å²) in [6.07, 6.45) is 1.44. The molecule has 4 aromatic rings. The third-order valence-electron chi connectivity index (χ3n) is 4.07. The van der Waals surface area contributed by atoms with Gasteiger partial charge < -0.3 is 5.32 Å². The highest BCUT2D eigenvalue weighted by atomic mass is 16.1. The Morgan fingerprint density at radius 1 is 1.00 bits per heavy atom. The SMILES string of the molecule is Cc1ccc(NC(=O)c2ccccc2-n2cnnn2)cc1-n1nnnc1C. The number of hydrogen-bond acceptors (Lipinski definition) is 7. The van der Waals surface area contributed by atoms with Crippen molar-refractivity contribution in [2.24, 2.45) is 0 Å². The van der Waals surface area contributed by atoms with Crippen LogP contribution in [0.1, 0.15) is 21.7 Å². The molecule has 4 rings (SSSR count).